The summed E-state index contributed by atoms with van der Waals surface area (Å²) in [5.74, 6) is 0.0766. The fourth-order valence-corrected chi connectivity index (χ4v) is 3.53. The van der Waals surface area contributed by atoms with Crippen LogP contribution in [0.3, 0.4) is 0 Å². The van der Waals surface area contributed by atoms with Crippen LogP contribution in [0.25, 0.3) is 0 Å². The molecule has 0 spiro atoms. The van der Waals surface area contributed by atoms with Gasteiger partial charge in [-0.2, -0.15) is 10.2 Å². The summed E-state index contributed by atoms with van der Waals surface area (Å²) in [6, 6.07) is 0. The van der Waals surface area contributed by atoms with Gasteiger partial charge < -0.3 is 0 Å². The van der Waals surface area contributed by atoms with Gasteiger partial charge in [0.1, 0.15) is 4.90 Å². The van der Waals surface area contributed by atoms with E-state index in [1.54, 1.807) is 31.0 Å². The van der Waals surface area contributed by atoms with E-state index in [9.17, 15) is 8.42 Å². The Labute approximate surface area is 129 Å². The average Bonchev–Trinajstić information content (AvgIpc) is 2.93. The molecule has 0 aromatic carbocycles. The molecule has 0 aliphatic carbocycles. The third kappa shape index (κ3) is 4.05. The third-order valence-electron chi connectivity index (χ3n) is 2.98. The van der Waals surface area contributed by atoms with Crippen molar-refractivity contribution >= 4 is 21.6 Å². The van der Waals surface area contributed by atoms with E-state index < -0.39 is 10.0 Å². The molecule has 1 N–H and O–H groups in total. The zero-order valence-corrected chi connectivity index (χ0v) is 13.7. The highest BCUT2D eigenvalue weighted by molar-refractivity contribution is 7.89. The van der Waals surface area contributed by atoms with Gasteiger partial charge in [-0.15, -0.1) is 0 Å². The van der Waals surface area contributed by atoms with Gasteiger partial charge in [-0.05, 0) is 12.8 Å². The van der Waals surface area contributed by atoms with Crippen LogP contribution >= 0.6 is 11.6 Å². The smallest absolute Gasteiger partial charge is 0.243 e. The van der Waals surface area contributed by atoms with Gasteiger partial charge >= 0.3 is 0 Å². The number of hydrogen-bond acceptors (Lipinski definition) is 4. The minimum atomic E-state index is -3.54. The number of nitrogens with zero attached hydrogens (tertiary/aromatic N) is 4. The third-order valence-corrected chi connectivity index (χ3v) is 4.70. The molecule has 116 valence electrons. The first kappa shape index (κ1) is 16.0. The fraction of sp³-hybridized carbons (Fsp3) is 0.500. The second kappa shape index (κ2) is 6.17. The summed E-state index contributed by atoms with van der Waals surface area (Å²) in [6.45, 7) is 4.51. The maximum Gasteiger partial charge on any atom is 0.243 e. The Balaban J connectivity index is 1.97. The van der Waals surface area contributed by atoms with Gasteiger partial charge in [-0.3, -0.25) is 9.36 Å². The van der Waals surface area contributed by atoms with Crippen molar-refractivity contribution in [1.82, 2.24) is 24.3 Å². The van der Waals surface area contributed by atoms with Gasteiger partial charge in [0.05, 0.1) is 16.9 Å². The Bertz CT molecular complexity index is 722. The topological polar surface area (TPSA) is 81.8 Å². The van der Waals surface area contributed by atoms with Gasteiger partial charge in [-0.1, -0.05) is 18.5 Å². The van der Waals surface area contributed by atoms with Crippen LogP contribution < -0.4 is 4.72 Å². The predicted octanol–water partition coefficient (Wildman–Crippen LogP) is 1.19. The van der Waals surface area contributed by atoms with Crippen LogP contribution in [0.15, 0.2) is 23.5 Å². The summed E-state index contributed by atoms with van der Waals surface area (Å²) in [7, 11) is -1.85. The SMILES string of the molecule is Cc1nn(C)cc1S(=O)(=O)NC[C@@H](C)Cn1cc(Cl)cn1. The van der Waals surface area contributed by atoms with Crippen molar-refractivity contribution in [2.75, 3.05) is 6.54 Å². The van der Waals surface area contributed by atoms with Crippen LogP contribution in [0.1, 0.15) is 12.6 Å². The van der Waals surface area contributed by atoms with Crippen molar-refractivity contribution in [2.45, 2.75) is 25.3 Å². The number of halogens is 1. The first-order valence-corrected chi connectivity index (χ1v) is 8.32. The molecule has 0 aliphatic heterocycles. The minimum Gasteiger partial charge on any atom is -0.274 e. The summed E-state index contributed by atoms with van der Waals surface area (Å²) >= 11 is 5.79. The lowest BCUT2D eigenvalue weighted by Gasteiger charge is -2.12. The lowest BCUT2D eigenvalue weighted by atomic mass is 10.2. The Morgan fingerprint density at radius 2 is 2.14 bits per heavy atom. The minimum absolute atomic E-state index is 0.0766. The Kier molecular flexibility index (Phi) is 4.70. The molecule has 0 saturated carbocycles. The molecule has 2 heterocycles. The molecule has 2 rings (SSSR count). The molecule has 0 radical (unpaired) electrons. The largest absolute Gasteiger partial charge is 0.274 e. The van der Waals surface area contributed by atoms with Crippen LogP contribution in [0.2, 0.25) is 5.02 Å². The maximum atomic E-state index is 12.2. The molecular formula is C12H18ClN5O2S. The Hall–Kier alpha value is -1.38. The van der Waals surface area contributed by atoms with E-state index >= 15 is 0 Å². The predicted molar refractivity (Wildman–Crippen MR) is 79.5 cm³/mol. The highest BCUT2D eigenvalue weighted by atomic mass is 35.5. The molecule has 7 nitrogen and oxygen atoms in total. The highest BCUT2D eigenvalue weighted by Gasteiger charge is 2.20. The first-order valence-electron chi connectivity index (χ1n) is 6.46. The van der Waals surface area contributed by atoms with Crippen LogP contribution in [-0.2, 0) is 23.6 Å². The molecule has 0 amide bonds. The second-order valence-corrected chi connectivity index (χ2v) is 7.26. The van der Waals surface area contributed by atoms with E-state index in [4.69, 9.17) is 11.6 Å². The molecule has 0 aliphatic rings. The van der Waals surface area contributed by atoms with Gasteiger partial charge in [0, 0.05) is 32.5 Å². The van der Waals surface area contributed by atoms with Crippen molar-refractivity contribution < 1.29 is 8.42 Å². The molecule has 2 aromatic rings. The van der Waals surface area contributed by atoms with Crippen LogP contribution in [0, 0.1) is 12.8 Å². The van der Waals surface area contributed by atoms with E-state index in [0.717, 1.165) is 0 Å². The van der Waals surface area contributed by atoms with E-state index in [1.807, 2.05) is 6.92 Å². The fourth-order valence-electron chi connectivity index (χ4n) is 1.99. The monoisotopic (exact) mass is 331 g/mol. The summed E-state index contributed by atoms with van der Waals surface area (Å²) in [6.07, 6.45) is 4.75. The molecule has 0 unspecified atom stereocenters. The normalized spacial score (nSPS) is 13.5. The van der Waals surface area contributed by atoms with Crippen molar-refractivity contribution in [3.63, 3.8) is 0 Å². The zero-order chi connectivity index (χ0) is 15.6. The maximum absolute atomic E-state index is 12.2. The molecule has 0 fully saturated rings. The van der Waals surface area contributed by atoms with E-state index in [2.05, 4.69) is 14.9 Å². The molecule has 0 bridgehead atoms. The standard InChI is InChI=1S/C12H18ClN5O2S/c1-9(6-18-7-11(13)5-14-18)4-15-21(19,20)12-8-17(3)16-10(12)2/h5,7-9,15H,4,6H2,1-3H3/t9-/m1/s1. The number of sulfonamides is 1. The molecule has 9 heteroatoms. The Morgan fingerprint density at radius 3 is 2.67 bits per heavy atom. The van der Waals surface area contributed by atoms with Crippen molar-refractivity contribution in [3.8, 4) is 0 Å². The first-order chi connectivity index (χ1) is 9.78. The molecule has 1 atom stereocenters. The van der Waals surface area contributed by atoms with Gasteiger partial charge in [0.2, 0.25) is 10.0 Å². The molecule has 0 saturated heterocycles. The lowest BCUT2D eigenvalue weighted by Crippen LogP contribution is -2.30. The quantitative estimate of drug-likeness (QED) is 0.862. The van der Waals surface area contributed by atoms with Gasteiger partial charge in [-0.25, -0.2) is 13.1 Å². The average molecular weight is 332 g/mol. The number of nitrogens with one attached hydrogen (secondary N) is 1. The van der Waals surface area contributed by atoms with Gasteiger partial charge in [0.15, 0.2) is 0 Å². The van der Waals surface area contributed by atoms with Gasteiger partial charge in [0.25, 0.3) is 0 Å². The van der Waals surface area contributed by atoms with E-state index in [1.165, 1.54) is 10.9 Å². The zero-order valence-electron chi connectivity index (χ0n) is 12.1. The summed E-state index contributed by atoms with van der Waals surface area (Å²) in [5.41, 5.74) is 0.483. The summed E-state index contributed by atoms with van der Waals surface area (Å²) in [5, 5.41) is 8.68. The molecule has 2 aromatic heterocycles. The number of hydrogen-bond donors (Lipinski definition) is 1. The summed E-state index contributed by atoms with van der Waals surface area (Å²) in [4.78, 5) is 0.208. The highest BCUT2D eigenvalue weighted by Crippen LogP contribution is 2.13. The second-order valence-electron chi connectivity index (χ2n) is 5.09. The number of aromatic nitrogens is 4. The van der Waals surface area contributed by atoms with Crippen LogP contribution in [0.5, 0.6) is 0 Å². The molecular weight excluding hydrogens is 314 g/mol. The number of rotatable bonds is 6. The van der Waals surface area contributed by atoms with E-state index in [-0.39, 0.29) is 10.8 Å². The van der Waals surface area contributed by atoms with E-state index in [0.29, 0.717) is 23.8 Å². The van der Waals surface area contributed by atoms with Crippen LogP contribution in [0.4, 0.5) is 0 Å². The van der Waals surface area contributed by atoms with Crippen LogP contribution in [-0.4, -0.2) is 34.5 Å². The number of aryl methyl sites for hydroxylation is 2. The molecule has 21 heavy (non-hydrogen) atoms. The van der Waals surface area contributed by atoms with Crippen molar-refractivity contribution in [2.24, 2.45) is 13.0 Å². The van der Waals surface area contributed by atoms with Crippen molar-refractivity contribution in [1.29, 1.82) is 0 Å². The Morgan fingerprint density at radius 1 is 1.43 bits per heavy atom. The van der Waals surface area contributed by atoms with Crippen molar-refractivity contribution in [3.05, 3.63) is 29.3 Å². The lowest BCUT2D eigenvalue weighted by molar-refractivity contribution is 0.443. The summed E-state index contributed by atoms with van der Waals surface area (Å²) < 4.78 is 30.2.